The quantitative estimate of drug-likeness (QED) is 0.404. The molecule has 1 aliphatic heterocycles. The van der Waals surface area contributed by atoms with Crippen LogP contribution in [0.25, 0.3) is 0 Å². The first kappa shape index (κ1) is 10.7. The van der Waals surface area contributed by atoms with Crippen LogP contribution in [0, 0.1) is 11.8 Å². The predicted octanol–water partition coefficient (Wildman–Crippen LogP) is 1.92. The monoisotopic (exact) mass is 210 g/mol. The zero-order valence-corrected chi connectivity index (χ0v) is 9.15. The molecular weight excluding hydrogens is 192 g/mol. The lowest BCUT2D eigenvalue weighted by Crippen LogP contribution is -2.11. The number of epoxide rings is 1. The summed E-state index contributed by atoms with van der Waals surface area (Å²) in [4.78, 5) is 10.9. The number of rotatable bonds is 4. The maximum atomic E-state index is 10.9. The van der Waals surface area contributed by atoms with Crippen molar-refractivity contribution in [3.05, 3.63) is 12.7 Å². The summed E-state index contributed by atoms with van der Waals surface area (Å²) in [5, 5.41) is 0. The Labute approximate surface area is 90.4 Å². The predicted molar refractivity (Wildman–Crippen MR) is 56.3 cm³/mol. The highest BCUT2D eigenvalue weighted by Crippen LogP contribution is 2.41. The first-order valence-electron chi connectivity index (χ1n) is 5.65. The van der Waals surface area contributed by atoms with Crippen LogP contribution in [0.1, 0.15) is 26.2 Å². The molecule has 3 nitrogen and oxygen atoms in total. The fraction of sp³-hybridized carbons (Fsp3) is 0.750. The summed E-state index contributed by atoms with van der Waals surface area (Å²) in [6, 6.07) is 0. The van der Waals surface area contributed by atoms with Crippen LogP contribution >= 0.6 is 0 Å². The summed E-state index contributed by atoms with van der Waals surface area (Å²) in [7, 11) is 0. The summed E-state index contributed by atoms with van der Waals surface area (Å²) < 4.78 is 10.5. The van der Waals surface area contributed by atoms with Gasteiger partial charge in [0.25, 0.3) is 0 Å². The fourth-order valence-electron chi connectivity index (χ4n) is 2.52. The van der Waals surface area contributed by atoms with Crippen LogP contribution in [0.5, 0.6) is 0 Å². The first-order valence-corrected chi connectivity index (χ1v) is 5.65. The van der Waals surface area contributed by atoms with E-state index in [-0.39, 0.29) is 5.97 Å². The smallest absolute Gasteiger partial charge is 0.330 e. The molecule has 3 heteroatoms. The van der Waals surface area contributed by atoms with E-state index in [9.17, 15) is 4.79 Å². The average Bonchev–Trinajstić information content (AvgIpc) is 2.80. The Hall–Kier alpha value is -0.830. The second-order valence-corrected chi connectivity index (χ2v) is 4.58. The molecule has 0 spiro atoms. The van der Waals surface area contributed by atoms with E-state index in [4.69, 9.17) is 9.47 Å². The van der Waals surface area contributed by atoms with Gasteiger partial charge < -0.3 is 9.47 Å². The van der Waals surface area contributed by atoms with Crippen molar-refractivity contribution in [3.8, 4) is 0 Å². The molecule has 4 unspecified atom stereocenters. The largest absolute Gasteiger partial charge is 0.462 e. The minimum Gasteiger partial charge on any atom is -0.462 e. The van der Waals surface area contributed by atoms with Crippen molar-refractivity contribution >= 4 is 5.97 Å². The standard InChI is InChI=1S/C12H18O3/c1-3-11(13)14-7-9-4-5-10(6-9)12-8(2)15-12/h3,8-10,12H,1,4-7H2,2H3. The van der Waals surface area contributed by atoms with Crippen molar-refractivity contribution < 1.29 is 14.3 Å². The lowest BCUT2D eigenvalue weighted by Gasteiger charge is -2.09. The molecule has 0 bridgehead atoms. The van der Waals surface area contributed by atoms with Gasteiger partial charge in [-0.05, 0) is 38.0 Å². The van der Waals surface area contributed by atoms with Gasteiger partial charge in [-0.25, -0.2) is 4.79 Å². The molecule has 2 rings (SSSR count). The number of carbonyl (C=O) groups excluding carboxylic acids is 1. The van der Waals surface area contributed by atoms with Gasteiger partial charge in [-0.1, -0.05) is 6.58 Å². The minimum atomic E-state index is -0.311. The molecule has 1 heterocycles. The van der Waals surface area contributed by atoms with Crippen LogP contribution in [0.3, 0.4) is 0 Å². The summed E-state index contributed by atoms with van der Waals surface area (Å²) in [5.74, 6) is 0.900. The lowest BCUT2D eigenvalue weighted by molar-refractivity contribution is -0.139. The molecule has 1 aliphatic carbocycles. The minimum absolute atomic E-state index is 0.311. The van der Waals surface area contributed by atoms with Gasteiger partial charge in [0, 0.05) is 6.08 Å². The fourth-order valence-corrected chi connectivity index (χ4v) is 2.52. The van der Waals surface area contributed by atoms with Crippen LogP contribution in [-0.2, 0) is 14.3 Å². The first-order chi connectivity index (χ1) is 7.20. The van der Waals surface area contributed by atoms with Crippen molar-refractivity contribution in [2.24, 2.45) is 11.8 Å². The topological polar surface area (TPSA) is 38.8 Å². The molecule has 0 N–H and O–H groups in total. The normalized spacial score (nSPS) is 38.7. The Morgan fingerprint density at radius 1 is 1.60 bits per heavy atom. The Morgan fingerprint density at radius 3 is 2.93 bits per heavy atom. The maximum Gasteiger partial charge on any atom is 0.330 e. The summed E-state index contributed by atoms with van der Waals surface area (Å²) >= 11 is 0. The number of hydrogen-bond donors (Lipinski definition) is 0. The van der Waals surface area contributed by atoms with Gasteiger partial charge in [0.1, 0.15) is 0 Å². The van der Waals surface area contributed by atoms with Crippen LogP contribution in [-0.4, -0.2) is 24.8 Å². The van der Waals surface area contributed by atoms with Crippen LogP contribution in [0.4, 0.5) is 0 Å². The summed E-state index contributed by atoms with van der Waals surface area (Å²) in [6.45, 7) is 6.04. The number of hydrogen-bond acceptors (Lipinski definition) is 3. The summed E-state index contributed by atoms with van der Waals surface area (Å²) in [6.07, 6.45) is 5.65. The molecular formula is C12H18O3. The van der Waals surface area contributed by atoms with Gasteiger partial charge >= 0.3 is 5.97 Å². The van der Waals surface area contributed by atoms with Gasteiger partial charge in [0.15, 0.2) is 0 Å². The molecule has 15 heavy (non-hydrogen) atoms. The van der Waals surface area contributed by atoms with Crippen molar-refractivity contribution in [2.45, 2.75) is 38.4 Å². The zero-order valence-electron chi connectivity index (χ0n) is 9.15. The Morgan fingerprint density at radius 2 is 2.33 bits per heavy atom. The van der Waals surface area contributed by atoms with E-state index < -0.39 is 0 Å². The lowest BCUT2D eigenvalue weighted by atomic mass is 10.0. The third-order valence-electron chi connectivity index (χ3n) is 3.43. The molecule has 2 fully saturated rings. The third kappa shape index (κ3) is 2.59. The van der Waals surface area contributed by atoms with Gasteiger partial charge in [0.05, 0.1) is 18.8 Å². The average molecular weight is 210 g/mol. The van der Waals surface area contributed by atoms with E-state index in [0.717, 1.165) is 12.8 Å². The highest BCUT2D eigenvalue weighted by Gasteiger charge is 2.44. The molecule has 0 aromatic carbocycles. The van der Waals surface area contributed by atoms with Gasteiger partial charge in [-0.15, -0.1) is 0 Å². The molecule has 0 radical (unpaired) electrons. The molecule has 2 aliphatic rings. The van der Waals surface area contributed by atoms with Gasteiger partial charge in [-0.3, -0.25) is 0 Å². The van der Waals surface area contributed by atoms with Gasteiger partial charge in [-0.2, -0.15) is 0 Å². The van der Waals surface area contributed by atoms with Crippen molar-refractivity contribution in [1.82, 2.24) is 0 Å². The molecule has 84 valence electrons. The van der Waals surface area contributed by atoms with Crippen LogP contribution < -0.4 is 0 Å². The van der Waals surface area contributed by atoms with Crippen LogP contribution in [0.15, 0.2) is 12.7 Å². The van der Waals surface area contributed by atoms with E-state index >= 15 is 0 Å². The van der Waals surface area contributed by atoms with E-state index in [1.807, 2.05) is 0 Å². The van der Waals surface area contributed by atoms with Crippen molar-refractivity contribution in [2.75, 3.05) is 6.61 Å². The maximum absolute atomic E-state index is 10.9. The van der Waals surface area contributed by atoms with E-state index in [1.165, 1.54) is 12.5 Å². The number of ether oxygens (including phenoxy) is 2. The Bertz CT molecular complexity index is 262. The molecule has 1 saturated carbocycles. The second-order valence-electron chi connectivity index (χ2n) is 4.58. The van der Waals surface area contributed by atoms with E-state index in [1.54, 1.807) is 0 Å². The molecule has 1 saturated heterocycles. The Balaban J connectivity index is 1.68. The van der Waals surface area contributed by atoms with Crippen LogP contribution in [0.2, 0.25) is 0 Å². The second kappa shape index (κ2) is 4.35. The molecule has 0 aromatic heterocycles. The van der Waals surface area contributed by atoms with E-state index in [2.05, 4.69) is 13.5 Å². The highest BCUT2D eigenvalue weighted by molar-refractivity contribution is 5.81. The third-order valence-corrected chi connectivity index (χ3v) is 3.43. The number of carbonyl (C=O) groups is 1. The zero-order chi connectivity index (χ0) is 10.8. The highest BCUT2D eigenvalue weighted by atomic mass is 16.6. The Kier molecular flexibility index (Phi) is 3.10. The molecule has 0 amide bonds. The van der Waals surface area contributed by atoms with Crippen molar-refractivity contribution in [3.63, 3.8) is 0 Å². The summed E-state index contributed by atoms with van der Waals surface area (Å²) in [5.41, 5.74) is 0. The van der Waals surface area contributed by atoms with E-state index in [0.29, 0.717) is 30.7 Å². The van der Waals surface area contributed by atoms with Crippen molar-refractivity contribution in [1.29, 1.82) is 0 Å². The van der Waals surface area contributed by atoms with Gasteiger partial charge in [0.2, 0.25) is 0 Å². The molecule has 0 aromatic rings. The molecule has 4 atom stereocenters. The SMILES string of the molecule is C=CC(=O)OCC1CCC(C2OC2C)C1. The number of esters is 1.